The van der Waals surface area contributed by atoms with Gasteiger partial charge in [-0.2, -0.15) is 5.10 Å². The summed E-state index contributed by atoms with van der Waals surface area (Å²) in [5.74, 6) is -0.294. The molecule has 0 saturated carbocycles. The van der Waals surface area contributed by atoms with E-state index in [4.69, 9.17) is 11.6 Å². The van der Waals surface area contributed by atoms with Gasteiger partial charge in [0.05, 0.1) is 28.6 Å². The summed E-state index contributed by atoms with van der Waals surface area (Å²) in [5, 5.41) is 10.0. The van der Waals surface area contributed by atoms with E-state index in [0.29, 0.717) is 26.8 Å². The second-order valence-corrected chi connectivity index (χ2v) is 10.2. The molecule has 5 aromatic carbocycles. The zero-order valence-corrected chi connectivity index (χ0v) is 22.1. The molecule has 0 spiro atoms. The van der Waals surface area contributed by atoms with Crippen molar-refractivity contribution in [1.29, 1.82) is 0 Å². The lowest BCUT2D eigenvalue weighted by Gasteiger charge is -2.13. The van der Waals surface area contributed by atoms with Gasteiger partial charge in [0.1, 0.15) is 0 Å². The highest BCUT2D eigenvalue weighted by atomic mass is 35.5. The van der Waals surface area contributed by atoms with E-state index >= 15 is 0 Å². The van der Waals surface area contributed by atoms with Gasteiger partial charge in [-0.25, -0.2) is 10.4 Å². The number of carbonyl (C=O) groups is 1. The second-order valence-electron chi connectivity index (χ2n) is 8.84. The Balaban J connectivity index is 1.26. The number of hydrogen-bond donors (Lipinski definition) is 1. The van der Waals surface area contributed by atoms with E-state index in [1.54, 1.807) is 48.7 Å². The summed E-state index contributed by atoms with van der Waals surface area (Å²) in [5.41, 5.74) is 4.53. The lowest BCUT2D eigenvalue weighted by atomic mass is 9.97. The van der Waals surface area contributed by atoms with E-state index < -0.39 is 0 Å². The third-order valence-corrected chi connectivity index (χ3v) is 7.55. The Kier molecular flexibility index (Phi) is 6.84. The van der Waals surface area contributed by atoms with E-state index in [2.05, 4.69) is 33.7 Å². The second kappa shape index (κ2) is 10.7. The molecular formula is C31H21ClN4O2S. The molecule has 1 N–H and O–H groups in total. The minimum absolute atomic E-state index is 0.0198. The molecule has 8 heteroatoms. The number of carbonyl (C=O) groups excluding carboxylic acids is 1. The van der Waals surface area contributed by atoms with Gasteiger partial charge in [-0.1, -0.05) is 84.0 Å². The molecule has 0 bridgehead atoms. The highest BCUT2D eigenvalue weighted by Crippen LogP contribution is 2.27. The first-order valence-corrected chi connectivity index (χ1v) is 13.6. The molecule has 0 unspecified atom stereocenters. The van der Waals surface area contributed by atoms with Crippen LogP contribution in [0.4, 0.5) is 0 Å². The van der Waals surface area contributed by atoms with Crippen LogP contribution in [0.5, 0.6) is 0 Å². The lowest BCUT2D eigenvalue weighted by Crippen LogP contribution is -2.24. The Morgan fingerprint density at radius 2 is 1.49 bits per heavy atom. The van der Waals surface area contributed by atoms with Gasteiger partial charge in [-0.15, -0.1) is 0 Å². The summed E-state index contributed by atoms with van der Waals surface area (Å²) >= 11 is 7.23. The molecule has 1 amide bonds. The summed E-state index contributed by atoms with van der Waals surface area (Å²) in [6, 6.07) is 32.4. The van der Waals surface area contributed by atoms with Crippen molar-refractivity contribution in [2.45, 2.75) is 5.16 Å². The highest BCUT2D eigenvalue weighted by Gasteiger charge is 2.15. The molecule has 190 valence electrons. The third-order valence-electron chi connectivity index (χ3n) is 6.36. The van der Waals surface area contributed by atoms with Crippen molar-refractivity contribution < 1.29 is 4.79 Å². The summed E-state index contributed by atoms with van der Waals surface area (Å²) in [4.78, 5) is 30.8. The van der Waals surface area contributed by atoms with Crippen LogP contribution in [-0.4, -0.2) is 27.4 Å². The van der Waals surface area contributed by atoms with Crippen molar-refractivity contribution >= 4 is 67.9 Å². The van der Waals surface area contributed by atoms with E-state index in [1.165, 1.54) is 16.3 Å². The quantitative estimate of drug-likeness (QED) is 0.0837. The number of hydrogen-bond acceptors (Lipinski definition) is 5. The number of nitrogens with one attached hydrogen (secondary N) is 1. The number of benzene rings is 5. The molecule has 6 rings (SSSR count). The van der Waals surface area contributed by atoms with Gasteiger partial charge in [0.15, 0.2) is 5.16 Å². The Hall–Kier alpha value is -4.46. The Morgan fingerprint density at radius 1 is 0.872 bits per heavy atom. The van der Waals surface area contributed by atoms with Crippen LogP contribution in [0.1, 0.15) is 5.56 Å². The van der Waals surface area contributed by atoms with E-state index in [1.807, 2.05) is 42.5 Å². The smallest absolute Gasteiger partial charge is 0.266 e. The number of hydrazone groups is 1. The minimum atomic E-state index is -0.314. The Labute approximate surface area is 232 Å². The van der Waals surface area contributed by atoms with Crippen LogP contribution >= 0.6 is 23.4 Å². The van der Waals surface area contributed by atoms with E-state index in [9.17, 15) is 9.59 Å². The van der Waals surface area contributed by atoms with Crippen molar-refractivity contribution in [2.24, 2.45) is 5.10 Å². The van der Waals surface area contributed by atoms with Crippen molar-refractivity contribution in [3.05, 3.63) is 124 Å². The average Bonchev–Trinajstić information content (AvgIpc) is 2.96. The molecule has 0 atom stereocenters. The van der Waals surface area contributed by atoms with Gasteiger partial charge in [-0.05, 0) is 64.0 Å². The zero-order chi connectivity index (χ0) is 26.8. The van der Waals surface area contributed by atoms with Crippen molar-refractivity contribution in [1.82, 2.24) is 15.0 Å². The van der Waals surface area contributed by atoms with Gasteiger partial charge in [0.2, 0.25) is 0 Å². The van der Waals surface area contributed by atoms with Gasteiger partial charge in [-0.3, -0.25) is 14.2 Å². The number of halogens is 1. The molecule has 0 aliphatic carbocycles. The fourth-order valence-corrected chi connectivity index (χ4v) is 5.48. The summed E-state index contributed by atoms with van der Waals surface area (Å²) in [6.07, 6.45) is 1.69. The first-order chi connectivity index (χ1) is 19.1. The molecule has 1 heterocycles. The number of aromatic nitrogens is 2. The van der Waals surface area contributed by atoms with Crippen LogP contribution < -0.4 is 11.0 Å². The van der Waals surface area contributed by atoms with Gasteiger partial charge < -0.3 is 0 Å². The molecule has 1 aromatic heterocycles. The van der Waals surface area contributed by atoms with Crippen LogP contribution in [0.2, 0.25) is 5.02 Å². The number of amides is 1. The first kappa shape index (κ1) is 24.9. The topological polar surface area (TPSA) is 76.3 Å². The number of thioether (sulfide) groups is 1. The maximum absolute atomic E-state index is 13.4. The van der Waals surface area contributed by atoms with Gasteiger partial charge in [0, 0.05) is 10.6 Å². The molecular weight excluding hydrogens is 528 g/mol. The summed E-state index contributed by atoms with van der Waals surface area (Å²) in [6.45, 7) is 0. The van der Waals surface area contributed by atoms with Crippen LogP contribution in [0, 0.1) is 0 Å². The van der Waals surface area contributed by atoms with Gasteiger partial charge >= 0.3 is 0 Å². The van der Waals surface area contributed by atoms with Crippen LogP contribution in [0.3, 0.4) is 0 Å². The predicted octanol–water partition coefficient (Wildman–Crippen LogP) is 6.59. The molecule has 6 nitrogen and oxygen atoms in total. The SMILES string of the molecule is O=C(CSc1nc2ccccc2c(=O)n1-c1ccc(Cl)cc1)N/N=C\c1c2ccccc2cc2ccccc12. The predicted molar refractivity (Wildman–Crippen MR) is 160 cm³/mol. The van der Waals surface area contributed by atoms with Crippen LogP contribution in [0.25, 0.3) is 38.1 Å². The molecule has 0 aliphatic heterocycles. The summed E-state index contributed by atoms with van der Waals surface area (Å²) in [7, 11) is 0. The lowest BCUT2D eigenvalue weighted by molar-refractivity contribution is -0.118. The molecule has 0 saturated heterocycles. The molecule has 0 fully saturated rings. The molecule has 6 aromatic rings. The fourth-order valence-electron chi connectivity index (χ4n) is 4.55. The molecule has 39 heavy (non-hydrogen) atoms. The van der Waals surface area contributed by atoms with Crippen LogP contribution in [0.15, 0.2) is 118 Å². The number of para-hydroxylation sites is 1. The monoisotopic (exact) mass is 548 g/mol. The molecule has 0 aliphatic rings. The normalized spacial score (nSPS) is 11.5. The maximum atomic E-state index is 13.4. The van der Waals surface area contributed by atoms with Crippen molar-refractivity contribution in [3.8, 4) is 5.69 Å². The highest BCUT2D eigenvalue weighted by molar-refractivity contribution is 7.99. The maximum Gasteiger partial charge on any atom is 0.266 e. The molecule has 0 radical (unpaired) electrons. The standard InChI is InChI=1S/C31H21ClN4O2S/c32-22-13-15-23(16-14-22)36-30(38)26-11-5-6-12-28(26)34-31(36)39-19-29(37)35-33-18-27-24-9-3-1-7-20(24)17-21-8-2-4-10-25(21)27/h1-18H,19H2,(H,35,37)/b33-18-. The zero-order valence-electron chi connectivity index (χ0n) is 20.5. The number of rotatable bonds is 6. The van der Waals surface area contributed by atoms with Crippen LogP contribution in [-0.2, 0) is 4.79 Å². The van der Waals surface area contributed by atoms with Crippen molar-refractivity contribution in [2.75, 3.05) is 5.75 Å². The van der Waals surface area contributed by atoms with Crippen molar-refractivity contribution in [3.63, 3.8) is 0 Å². The average molecular weight is 549 g/mol. The first-order valence-electron chi connectivity index (χ1n) is 12.2. The third kappa shape index (κ3) is 5.02. The van der Waals surface area contributed by atoms with Gasteiger partial charge in [0.25, 0.3) is 11.5 Å². The Bertz CT molecular complexity index is 1900. The largest absolute Gasteiger partial charge is 0.272 e. The number of fused-ring (bicyclic) bond motifs is 3. The van der Waals surface area contributed by atoms with E-state index in [0.717, 1.165) is 27.1 Å². The number of nitrogens with zero attached hydrogens (tertiary/aromatic N) is 3. The summed E-state index contributed by atoms with van der Waals surface area (Å²) < 4.78 is 1.50. The minimum Gasteiger partial charge on any atom is -0.272 e. The Morgan fingerprint density at radius 3 is 2.18 bits per heavy atom. The van der Waals surface area contributed by atoms with E-state index in [-0.39, 0.29) is 17.2 Å². The fraction of sp³-hybridized carbons (Fsp3) is 0.0323.